The van der Waals surface area contributed by atoms with E-state index < -0.39 is 0 Å². The van der Waals surface area contributed by atoms with Gasteiger partial charge in [0.15, 0.2) is 0 Å². The summed E-state index contributed by atoms with van der Waals surface area (Å²) in [4.78, 5) is 13.4. The van der Waals surface area contributed by atoms with Crippen molar-refractivity contribution in [2.75, 3.05) is 0 Å². The maximum Gasteiger partial charge on any atom is 0.218 e. The molecule has 0 aromatic carbocycles. The zero-order chi connectivity index (χ0) is 16.3. The van der Waals surface area contributed by atoms with Crippen LogP contribution < -0.4 is 0 Å². The first kappa shape index (κ1) is 20.7. The maximum absolute atomic E-state index is 10.9. The van der Waals surface area contributed by atoms with Gasteiger partial charge in [-0.05, 0) is 42.7 Å². The molecule has 0 aliphatic heterocycles. The predicted octanol–water partition coefficient (Wildman–Crippen LogP) is 6.86. The third-order valence-electron chi connectivity index (χ3n) is 3.81. The van der Waals surface area contributed by atoms with E-state index in [9.17, 15) is 4.79 Å². The first-order chi connectivity index (χ1) is 10.8. The van der Waals surface area contributed by atoms with Gasteiger partial charge in [0.1, 0.15) is 0 Å². The Morgan fingerprint density at radius 2 is 1.36 bits per heavy atom. The molecule has 0 heterocycles. The number of unbranched alkanes of at least 4 members (excludes halogenated alkanes) is 11. The van der Waals surface area contributed by atoms with Crippen LogP contribution >= 0.6 is 0 Å². The molecule has 22 heavy (non-hydrogen) atoms. The van der Waals surface area contributed by atoms with Crippen LogP contribution in [0.25, 0.3) is 10.4 Å². The quantitative estimate of drug-likeness (QED) is 0.107. The van der Waals surface area contributed by atoms with Gasteiger partial charge in [-0.15, -0.1) is 0 Å². The highest BCUT2D eigenvalue weighted by Crippen LogP contribution is 2.10. The van der Waals surface area contributed by atoms with Crippen molar-refractivity contribution < 1.29 is 4.79 Å². The van der Waals surface area contributed by atoms with E-state index in [1.807, 2.05) is 0 Å². The Labute approximate surface area is 136 Å². The molecule has 126 valence electrons. The second-order valence-corrected chi connectivity index (χ2v) is 5.92. The van der Waals surface area contributed by atoms with Crippen molar-refractivity contribution in [3.63, 3.8) is 0 Å². The summed E-state index contributed by atoms with van der Waals surface area (Å²) in [7, 11) is 0. The molecule has 1 amide bonds. The van der Waals surface area contributed by atoms with E-state index in [1.165, 1.54) is 64.2 Å². The number of rotatable bonds is 15. The van der Waals surface area contributed by atoms with Crippen LogP contribution in [0.1, 0.15) is 96.8 Å². The average molecular weight is 307 g/mol. The third kappa shape index (κ3) is 16.8. The summed E-state index contributed by atoms with van der Waals surface area (Å²) in [6.07, 6.45) is 21.2. The molecule has 0 radical (unpaired) electrons. The molecular formula is C18H33N3O. The van der Waals surface area contributed by atoms with E-state index in [0.29, 0.717) is 6.42 Å². The lowest BCUT2D eigenvalue weighted by Gasteiger charge is -1.99. The van der Waals surface area contributed by atoms with Crippen LogP contribution in [0.2, 0.25) is 0 Å². The molecule has 0 aliphatic rings. The van der Waals surface area contributed by atoms with Gasteiger partial charge in [-0.25, -0.2) is 0 Å². The van der Waals surface area contributed by atoms with E-state index >= 15 is 0 Å². The van der Waals surface area contributed by atoms with Crippen LogP contribution in [-0.4, -0.2) is 5.91 Å². The van der Waals surface area contributed by atoms with Gasteiger partial charge in [0.2, 0.25) is 5.91 Å². The van der Waals surface area contributed by atoms with Gasteiger partial charge in [-0.1, -0.05) is 70.4 Å². The van der Waals surface area contributed by atoms with Crippen molar-refractivity contribution in [2.45, 2.75) is 96.8 Å². The highest BCUT2D eigenvalue weighted by molar-refractivity contribution is 5.76. The Morgan fingerprint density at radius 3 is 1.91 bits per heavy atom. The summed E-state index contributed by atoms with van der Waals surface area (Å²) < 4.78 is 0. The molecule has 4 nitrogen and oxygen atoms in total. The number of nitrogens with zero attached hydrogens (tertiary/aromatic N) is 3. The molecule has 0 N–H and O–H groups in total. The Balaban J connectivity index is 3.17. The van der Waals surface area contributed by atoms with E-state index in [2.05, 4.69) is 29.1 Å². The van der Waals surface area contributed by atoms with Gasteiger partial charge in [-0.3, -0.25) is 4.79 Å². The fourth-order valence-corrected chi connectivity index (χ4v) is 2.45. The molecule has 0 atom stereocenters. The SMILES string of the molecule is CCCCCCCCC=CCCCCCCCC(=O)N=[N+]=[N-]. The van der Waals surface area contributed by atoms with Crippen LogP contribution in [0.3, 0.4) is 0 Å². The van der Waals surface area contributed by atoms with Crippen molar-refractivity contribution in [3.05, 3.63) is 22.6 Å². The number of carbonyl (C=O) groups is 1. The Morgan fingerprint density at radius 1 is 0.864 bits per heavy atom. The lowest BCUT2D eigenvalue weighted by Crippen LogP contribution is -1.90. The molecule has 0 saturated carbocycles. The smallest absolute Gasteiger partial charge is 0.218 e. The summed E-state index contributed by atoms with van der Waals surface area (Å²) in [6, 6.07) is 0. The monoisotopic (exact) mass is 307 g/mol. The molecule has 0 saturated heterocycles. The highest BCUT2D eigenvalue weighted by Gasteiger charge is 1.97. The molecule has 0 fully saturated rings. The predicted molar refractivity (Wildman–Crippen MR) is 93.6 cm³/mol. The van der Waals surface area contributed by atoms with E-state index in [-0.39, 0.29) is 5.91 Å². The molecule has 4 heteroatoms. The van der Waals surface area contributed by atoms with E-state index in [4.69, 9.17) is 5.53 Å². The number of hydrogen-bond donors (Lipinski definition) is 0. The number of allylic oxidation sites excluding steroid dienone is 2. The lowest BCUT2D eigenvalue weighted by molar-refractivity contribution is -0.118. The van der Waals surface area contributed by atoms with Crippen LogP contribution in [0.4, 0.5) is 0 Å². The van der Waals surface area contributed by atoms with Crippen molar-refractivity contribution in [2.24, 2.45) is 5.11 Å². The fourth-order valence-electron chi connectivity index (χ4n) is 2.45. The molecule has 0 rings (SSSR count). The first-order valence-electron chi connectivity index (χ1n) is 9.04. The van der Waals surface area contributed by atoms with Crippen molar-refractivity contribution in [3.8, 4) is 0 Å². The normalized spacial score (nSPS) is 10.8. The second-order valence-electron chi connectivity index (χ2n) is 5.92. The summed E-state index contributed by atoms with van der Waals surface area (Å²) in [5, 5.41) is 3.06. The van der Waals surface area contributed by atoms with Gasteiger partial charge in [-0.2, -0.15) is 0 Å². The minimum Gasteiger partial charge on any atom is -0.293 e. The fraction of sp³-hybridized carbons (Fsp3) is 0.833. The zero-order valence-electron chi connectivity index (χ0n) is 14.3. The number of amides is 1. The Kier molecular flexibility index (Phi) is 16.7. The number of azide groups is 1. The minimum atomic E-state index is -0.333. The summed E-state index contributed by atoms with van der Waals surface area (Å²) in [5.74, 6) is -0.333. The average Bonchev–Trinajstić information content (AvgIpc) is 2.51. The van der Waals surface area contributed by atoms with Gasteiger partial charge in [0.25, 0.3) is 0 Å². The van der Waals surface area contributed by atoms with Gasteiger partial charge >= 0.3 is 0 Å². The molecule has 0 bridgehead atoms. The summed E-state index contributed by atoms with van der Waals surface area (Å²) in [6.45, 7) is 2.26. The van der Waals surface area contributed by atoms with Crippen LogP contribution in [-0.2, 0) is 4.79 Å². The van der Waals surface area contributed by atoms with Crippen molar-refractivity contribution >= 4 is 5.91 Å². The molecule has 0 aliphatic carbocycles. The topological polar surface area (TPSA) is 65.8 Å². The molecule has 0 spiro atoms. The van der Waals surface area contributed by atoms with E-state index in [0.717, 1.165) is 19.3 Å². The molecule has 0 aromatic rings. The van der Waals surface area contributed by atoms with Crippen LogP contribution in [0, 0.1) is 0 Å². The highest BCUT2D eigenvalue weighted by atomic mass is 16.1. The summed E-state index contributed by atoms with van der Waals surface area (Å²) in [5.41, 5.74) is 8.09. The zero-order valence-corrected chi connectivity index (χ0v) is 14.3. The third-order valence-corrected chi connectivity index (χ3v) is 3.81. The van der Waals surface area contributed by atoms with Crippen LogP contribution in [0.15, 0.2) is 17.3 Å². The molecular weight excluding hydrogens is 274 g/mol. The number of carbonyl (C=O) groups excluding carboxylic acids is 1. The minimum absolute atomic E-state index is 0.333. The molecule has 0 unspecified atom stereocenters. The van der Waals surface area contributed by atoms with Gasteiger partial charge in [0.05, 0.1) is 0 Å². The first-order valence-corrected chi connectivity index (χ1v) is 9.04. The standard InChI is InChI=1S/C18H33N3O/c1-2-3-4-5-6-7-8-9-10-11-12-13-14-15-16-17-18(22)20-21-19/h9-10H,2-8,11-17H2,1H3. The van der Waals surface area contributed by atoms with Crippen molar-refractivity contribution in [1.29, 1.82) is 0 Å². The van der Waals surface area contributed by atoms with E-state index in [1.54, 1.807) is 0 Å². The molecule has 0 aromatic heterocycles. The van der Waals surface area contributed by atoms with Gasteiger partial charge in [0, 0.05) is 11.3 Å². The van der Waals surface area contributed by atoms with Crippen LogP contribution in [0.5, 0.6) is 0 Å². The second kappa shape index (κ2) is 17.8. The Hall–Kier alpha value is -1.28. The van der Waals surface area contributed by atoms with Gasteiger partial charge < -0.3 is 0 Å². The largest absolute Gasteiger partial charge is 0.293 e. The summed E-state index contributed by atoms with van der Waals surface area (Å²) >= 11 is 0. The lowest BCUT2D eigenvalue weighted by atomic mass is 10.1. The van der Waals surface area contributed by atoms with Crippen molar-refractivity contribution in [1.82, 2.24) is 0 Å². The Bertz CT molecular complexity index is 333. The number of hydrogen-bond acceptors (Lipinski definition) is 1. The maximum atomic E-state index is 10.9.